The van der Waals surface area contributed by atoms with E-state index in [1.165, 1.54) is 9.80 Å². The summed E-state index contributed by atoms with van der Waals surface area (Å²) in [5.74, 6) is -3.60. The van der Waals surface area contributed by atoms with Crippen molar-refractivity contribution in [2.75, 3.05) is 0 Å². The summed E-state index contributed by atoms with van der Waals surface area (Å²) in [7, 11) is 0. The maximum Gasteiger partial charge on any atom is 0.234 e. The Hall–Kier alpha value is -1.98. The molecule has 5 aliphatic rings. The van der Waals surface area contributed by atoms with E-state index in [9.17, 15) is 19.2 Å². The zero-order valence-corrected chi connectivity index (χ0v) is 16.1. The van der Waals surface area contributed by atoms with Gasteiger partial charge in [-0.25, -0.2) is 0 Å². The van der Waals surface area contributed by atoms with Gasteiger partial charge in [0.05, 0.1) is 23.7 Å². The van der Waals surface area contributed by atoms with Gasteiger partial charge in [-0.15, -0.1) is 0 Å². The molecule has 0 radical (unpaired) electrons. The van der Waals surface area contributed by atoms with Crippen molar-refractivity contribution in [3.8, 4) is 0 Å². The molecule has 0 aromatic heterocycles. The molecule has 2 bridgehead atoms. The standard InChI is InChI=1S/C20H26N2O4/c1-19(2,3)21-15(23)11-9-7-8-10(12(11)16(21)24)14-13(9)17(25)22(18(14)26)20(4,5)6/h7-14H,1-6H3/t9?,10?,11-,12-,13+,14+. The van der Waals surface area contributed by atoms with Crippen LogP contribution in [-0.4, -0.2) is 44.5 Å². The lowest BCUT2D eigenvalue weighted by atomic mass is 9.54. The first kappa shape index (κ1) is 17.4. The van der Waals surface area contributed by atoms with Crippen molar-refractivity contribution in [3.05, 3.63) is 12.2 Å². The highest BCUT2D eigenvalue weighted by Gasteiger charge is 2.69. The van der Waals surface area contributed by atoms with Gasteiger partial charge in [0.25, 0.3) is 0 Å². The lowest BCUT2D eigenvalue weighted by Crippen LogP contribution is -2.50. The fourth-order valence-electron chi connectivity index (χ4n) is 5.55. The van der Waals surface area contributed by atoms with Crippen LogP contribution in [0.2, 0.25) is 0 Å². The molecule has 6 atom stereocenters. The van der Waals surface area contributed by atoms with E-state index in [0.29, 0.717) is 0 Å². The molecule has 2 unspecified atom stereocenters. The third kappa shape index (κ3) is 1.93. The molecule has 5 rings (SSSR count). The Morgan fingerprint density at radius 1 is 0.577 bits per heavy atom. The number of likely N-dealkylation sites (tertiary alicyclic amines) is 2. The van der Waals surface area contributed by atoms with Gasteiger partial charge in [-0.2, -0.15) is 0 Å². The fourth-order valence-corrected chi connectivity index (χ4v) is 5.55. The normalized spacial score (nSPS) is 39.2. The van der Waals surface area contributed by atoms with Gasteiger partial charge in [0, 0.05) is 22.9 Å². The summed E-state index contributed by atoms with van der Waals surface area (Å²) in [6.45, 7) is 11.0. The van der Waals surface area contributed by atoms with E-state index in [2.05, 4.69) is 0 Å². The smallest absolute Gasteiger partial charge is 0.234 e. The third-order valence-electron chi connectivity index (χ3n) is 6.35. The predicted octanol–water partition coefficient (Wildman–Crippen LogP) is 1.60. The van der Waals surface area contributed by atoms with Crippen molar-refractivity contribution in [2.24, 2.45) is 35.5 Å². The van der Waals surface area contributed by atoms with E-state index in [1.807, 2.05) is 53.7 Å². The summed E-state index contributed by atoms with van der Waals surface area (Å²) in [5.41, 5.74) is -1.21. The molecule has 6 heteroatoms. The maximum absolute atomic E-state index is 13.1. The van der Waals surface area contributed by atoms with Crippen LogP contribution in [0, 0.1) is 35.5 Å². The van der Waals surface area contributed by atoms with Crippen LogP contribution in [0.5, 0.6) is 0 Å². The molecule has 3 fully saturated rings. The van der Waals surface area contributed by atoms with Crippen molar-refractivity contribution >= 4 is 23.6 Å². The molecule has 140 valence electrons. The number of nitrogens with zero attached hydrogens (tertiary/aromatic N) is 2. The lowest BCUT2D eigenvalue weighted by Gasteiger charge is -2.44. The number of allylic oxidation sites excluding steroid dienone is 2. The van der Waals surface area contributed by atoms with Crippen LogP contribution in [0.15, 0.2) is 12.2 Å². The monoisotopic (exact) mass is 358 g/mol. The number of imide groups is 2. The summed E-state index contributed by atoms with van der Waals surface area (Å²) in [6, 6.07) is 0. The van der Waals surface area contributed by atoms with E-state index in [4.69, 9.17) is 0 Å². The molecule has 4 amide bonds. The second kappa shape index (κ2) is 4.84. The van der Waals surface area contributed by atoms with Crippen LogP contribution < -0.4 is 0 Å². The zero-order valence-electron chi connectivity index (χ0n) is 16.1. The summed E-state index contributed by atoms with van der Waals surface area (Å²) in [6.07, 6.45) is 3.81. The molecule has 2 heterocycles. The highest BCUT2D eigenvalue weighted by atomic mass is 16.2. The second-order valence-corrected chi connectivity index (χ2v) is 10.0. The molecule has 6 nitrogen and oxygen atoms in total. The van der Waals surface area contributed by atoms with Crippen LogP contribution in [0.25, 0.3) is 0 Å². The topological polar surface area (TPSA) is 74.8 Å². The number of amides is 4. The first-order valence-electron chi connectivity index (χ1n) is 9.31. The number of hydrogen-bond acceptors (Lipinski definition) is 4. The number of carbonyl (C=O) groups excluding carboxylic acids is 4. The first-order chi connectivity index (χ1) is 11.9. The second-order valence-electron chi connectivity index (χ2n) is 10.0. The lowest BCUT2D eigenvalue weighted by molar-refractivity contribution is -0.145. The quantitative estimate of drug-likeness (QED) is 0.487. The van der Waals surface area contributed by atoms with Crippen molar-refractivity contribution < 1.29 is 19.2 Å². The Morgan fingerprint density at radius 2 is 0.808 bits per heavy atom. The maximum atomic E-state index is 13.1. The molecule has 2 saturated heterocycles. The Kier molecular flexibility index (Phi) is 3.25. The van der Waals surface area contributed by atoms with Crippen molar-refractivity contribution in [1.82, 2.24) is 9.80 Å². The molecule has 2 aliphatic heterocycles. The minimum atomic E-state index is -0.606. The minimum Gasteiger partial charge on any atom is -0.277 e. The van der Waals surface area contributed by atoms with Crippen LogP contribution in [0.3, 0.4) is 0 Å². The molecular formula is C20H26N2O4. The number of carbonyl (C=O) groups is 4. The van der Waals surface area contributed by atoms with Gasteiger partial charge < -0.3 is 0 Å². The van der Waals surface area contributed by atoms with Gasteiger partial charge in [-0.1, -0.05) is 12.2 Å². The Bertz CT molecular complexity index is 662. The Labute approximate surface area is 153 Å². The van der Waals surface area contributed by atoms with E-state index >= 15 is 0 Å². The summed E-state index contributed by atoms with van der Waals surface area (Å²) in [5, 5.41) is 0. The summed E-state index contributed by atoms with van der Waals surface area (Å²) in [4.78, 5) is 55.1. The predicted molar refractivity (Wildman–Crippen MR) is 93.3 cm³/mol. The molecule has 3 aliphatic carbocycles. The summed E-state index contributed by atoms with van der Waals surface area (Å²) < 4.78 is 0. The molecule has 0 aromatic rings. The largest absolute Gasteiger partial charge is 0.277 e. The highest BCUT2D eigenvalue weighted by molar-refractivity contribution is 6.11. The van der Waals surface area contributed by atoms with Crippen LogP contribution >= 0.6 is 0 Å². The molecule has 1 saturated carbocycles. The fraction of sp³-hybridized carbons (Fsp3) is 0.700. The zero-order chi connectivity index (χ0) is 19.3. The van der Waals surface area contributed by atoms with Crippen LogP contribution in [0.4, 0.5) is 0 Å². The van der Waals surface area contributed by atoms with E-state index in [-0.39, 0.29) is 35.5 Å². The van der Waals surface area contributed by atoms with Crippen molar-refractivity contribution in [3.63, 3.8) is 0 Å². The molecule has 26 heavy (non-hydrogen) atoms. The van der Waals surface area contributed by atoms with Gasteiger partial charge in [0.15, 0.2) is 0 Å². The van der Waals surface area contributed by atoms with Crippen molar-refractivity contribution in [1.29, 1.82) is 0 Å². The van der Waals surface area contributed by atoms with Gasteiger partial charge in [-0.05, 0) is 41.5 Å². The Balaban J connectivity index is 1.80. The van der Waals surface area contributed by atoms with Gasteiger partial charge in [0.1, 0.15) is 0 Å². The van der Waals surface area contributed by atoms with Gasteiger partial charge >= 0.3 is 0 Å². The minimum absolute atomic E-state index is 0.195. The first-order valence-corrected chi connectivity index (χ1v) is 9.31. The molecule has 0 aromatic carbocycles. The van der Waals surface area contributed by atoms with E-state index in [0.717, 1.165) is 0 Å². The van der Waals surface area contributed by atoms with E-state index < -0.39 is 34.7 Å². The molecular weight excluding hydrogens is 332 g/mol. The molecule has 0 spiro atoms. The number of rotatable bonds is 0. The van der Waals surface area contributed by atoms with Gasteiger partial charge in [0.2, 0.25) is 23.6 Å². The molecule has 0 N–H and O–H groups in total. The van der Waals surface area contributed by atoms with Crippen LogP contribution in [0.1, 0.15) is 41.5 Å². The SMILES string of the molecule is CC(C)(C)N1C(=O)[C@@H]2C3C=CC([C@H]2C1=O)[C@@H]1C(=O)N(C(C)(C)C)C(=O)[C@@H]31. The van der Waals surface area contributed by atoms with Gasteiger partial charge in [-0.3, -0.25) is 29.0 Å². The summed E-state index contributed by atoms with van der Waals surface area (Å²) >= 11 is 0. The highest BCUT2D eigenvalue weighted by Crippen LogP contribution is 2.59. The average Bonchev–Trinajstić information content (AvgIpc) is 2.93. The third-order valence-corrected chi connectivity index (χ3v) is 6.35. The van der Waals surface area contributed by atoms with Crippen LogP contribution in [-0.2, 0) is 19.2 Å². The average molecular weight is 358 g/mol. The van der Waals surface area contributed by atoms with E-state index in [1.54, 1.807) is 0 Å². The Morgan fingerprint density at radius 3 is 1.00 bits per heavy atom. The van der Waals surface area contributed by atoms with Crippen molar-refractivity contribution in [2.45, 2.75) is 52.6 Å². The number of hydrogen-bond donors (Lipinski definition) is 0.